The smallest absolute Gasteiger partial charge is 0.205 e. The lowest BCUT2D eigenvalue weighted by Crippen LogP contribution is -2.32. The molecule has 1 aliphatic rings. The van der Waals surface area contributed by atoms with E-state index in [1.165, 1.54) is 0 Å². The fraction of sp³-hybridized carbons (Fsp3) is 0.0909. The molecular weight excluding hydrogens is 446 g/mol. The minimum atomic E-state index is -1.21. The number of halogens is 1. The van der Waals surface area contributed by atoms with Crippen LogP contribution in [-0.2, 0) is 0 Å². The first-order chi connectivity index (χ1) is 14.5. The van der Waals surface area contributed by atoms with Crippen LogP contribution in [0.1, 0.15) is 21.8 Å². The van der Waals surface area contributed by atoms with Crippen molar-refractivity contribution in [2.75, 3.05) is 0 Å². The van der Waals surface area contributed by atoms with E-state index in [0.29, 0.717) is 16.9 Å². The van der Waals surface area contributed by atoms with E-state index in [2.05, 4.69) is 26.0 Å². The van der Waals surface area contributed by atoms with E-state index >= 15 is 0 Å². The maximum absolute atomic E-state index is 13.5. The highest BCUT2D eigenvalue weighted by molar-refractivity contribution is 9.10. The minimum Gasteiger partial charge on any atom is -0.440 e. The lowest BCUT2D eigenvalue weighted by Gasteiger charge is -2.29. The predicted molar refractivity (Wildman–Crippen MR) is 116 cm³/mol. The van der Waals surface area contributed by atoms with Crippen LogP contribution in [0.15, 0.2) is 81.7 Å². The van der Waals surface area contributed by atoms with Crippen molar-refractivity contribution in [3.8, 4) is 11.8 Å². The second-order valence-electron chi connectivity index (χ2n) is 6.73. The van der Waals surface area contributed by atoms with Crippen molar-refractivity contribution in [3.63, 3.8) is 0 Å². The summed E-state index contributed by atoms with van der Waals surface area (Å²) in [5.41, 5.74) is 16.1. The van der Waals surface area contributed by atoms with E-state index in [0.717, 1.165) is 15.2 Å². The summed E-state index contributed by atoms with van der Waals surface area (Å²) in [7, 11) is 0. The van der Waals surface area contributed by atoms with Gasteiger partial charge in [0.05, 0.1) is 5.57 Å². The molecule has 4 rings (SSSR count). The van der Waals surface area contributed by atoms with Crippen molar-refractivity contribution in [1.29, 1.82) is 5.26 Å². The zero-order valence-electron chi connectivity index (χ0n) is 15.5. The minimum absolute atomic E-state index is 0.0483. The topological polar surface area (TPSA) is 125 Å². The van der Waals surface area contributed by atoms with Gasteiger partial charge >= 0.3 is 0 Å². The molecule has 0 bridgehead atoms. The van der Waals surface area contributed by atoms with E-state index in [1.807, 2.05) is 36.4 Å². The summed E-state index contributed by atoms with van der Waals surface area (Å²) in [5, 5.41) is 15.4. The van der Waals surface area contributed by atoms with Crippen LogP contribution >= 0.6 is 15.9 Å². The maximum atomic E-state index is 13.5. The Morgan fingerprint density at radius 3 is 2.70 bits per heavy atom. The molecule has 0 radical (unpaired) electrons. The average Bonchev–Trinajstić information content (AvgIpc) is 2.76. The Morgan fingerprint density at radius 2 is 1.97 bits per heavy atom. The van der Waals surface area contributed by atoms with Gasteiger partial charge in [-0.05, 0) is 40.6 Å². The molecule has 0 aromatic heterocycles. The van der Waals surface area contributed by atoms with E-state index in [1.54, 1.807) is 30.3 Å². The molecule has 8 heteroatoms. The standard InChI is InChI=1S/C22H14BrN5O2/c23-15-7-8-18-16(10-15)19(17(11-24)22(25)30-18)20(27-28-26)21(29)14-6-5-12-3-1-2-4-13(12)9-14/h1-10,19-20H,25H2/t19-,20-/m1/s1. The Bertz CT molecular complexity index is 1300. The second-order valence-corrected chi connectivity index (χ2v) is 7.64. The second kappa shape index (κ2) is 7.91. The number of carbonyl (C=O) groups is 1. The van der Waals surface area contributed by atoms with E-state index in [4.69, 9.17) is 10.5 Å². The zero-order valence-corrected chi connectivity index (χ0v) is 17.1. The van der Waals surface area contributed by atoms with Crippen LogP contribution in [0.2, 0.25) is 0 Å². The number of hydrogen-bond acceptors (Lipinski definition) is 5. The van der Waals surface area contributed by atoms with Gasteiger partial charge in [0, 0.05) is 26.4 Å². The molecule has 0 unspecified atom stereocenters. The number of benzene rings is 3. The number of rotatable bonds is 4. The highest BCUT2D eigenvalue weighted by Gasteiger charge is 2.39. The normalized spacial score (nSPS) is 16.1. The first-order valence-electron chi connectivity index (χ1n) is 8.97. The molecule has 0 saturated heterocycles. The van der Waals surface area contributed by atoms with Gasteiger partial charge in [0.2, 0.25) is 5.88 Å². The summed E-state index contributed by atoms with van der Waals surface area (Å²) < 4.78 is 6.29. The number of nitrogens with two attached hydrogens (primary N) is 1. The van der Waals surface area contributed by atoms with Gasteiger partial charge in [0.1, 0.15) is 17.9 Å². The first kappa shape index (κ1) is 19.5. The molecule has 146 valence electrons. The number of ether oxygens (including phenoxy) is 1. The van der Waals surface area contributed by atoms with Gasteiger partial charge in [-0.2, -0.15) is 5.26 Å². The molecule has 30 heavy (non-hydrogen) atoms. The van der Waals surface area contributed by atoms with Gasteiger partial charge in [-0.1, -0.05) is 57.4 Å². The lowest BCUT2D eigenvalue weighted by molar-refractivity contribution is 0.0952. The Kier molecular flexibility index (Phi) is 5.15. The van der Waals surface area contributed by atoms with Gasteiger partial charge in [0.25, 0.3) is 0 Å². The molecule has 0 saturated carbocycles. The molecule has 3 aromatic carbocycles. The van der Waals surface area contributed by atoms with Gasteiger partial charge < -0.3 is 10.5 Å². The lowest BCUT2D eigenvalue weighted by atomic mass is 9.80. The molecule has 0 amide bonds. The Balaban J connectivity index is 1.87. The van der Waals surface area contributed by atoms with E-state index < -0.39 is 17.7 Å². The zero-order chi connectivity index (χ0) is 21.3. The third-order valence-corrected chi connectivity index (χ3v) is 5.51. The number of ketones is 1. The van der Waals surface area contributed by atoms with Crippen LogP contribution in [0.3, 0.4) is 0 Å². The number of fused-ring (bicyclic) bond motifs is 2. The number of nitriles is 1. The third kappa shape index (κ3) is 3.37. The molecule has 2 atom stereocenters. The quantitative estimate of drug-likeness (QED) is 0.244. The van der Waals surface area contributed by atoms with E-state index in [-0.39, 0.29) is 11.5 Å². The van der Waals surface area contributed by atoms with Gasteiger partial charge in [0.15, 0.2) is 5.78 Å². The molecule has 0 fully saturated rings. The molecule has 0 spiro atoms. The number of azide groups is 1. The van der Waals surface area contributed by atoms with Crippen LogP contribution in [0.5, 0.6) is 5.75 Å². The molecule has 1 aliphatic heterocycles. The fourth-order valence-electron chi connectivity index (χ4n) is 3.63. The van der Waals surface area contributed by atoms with Crippen LogP contribution in [0, 0.1) is 11.3 Å². The Morgan fingerprint density at radius 1 is 1.20 bits per heavy atom. The van der Waals surface area contributed by atoms with Crippen LogP contribution in [-0.4, -0.2) is 11.8 Å². The Labute approximate surface area is 180 Å². The summed E-state index contributed by atoms with van der Waals surface area (Å²) in [6.07, 6.45) is 0. The summed E-state index contributed by atoms with van der Waals surface area (Å²) in [5.74, 6) is -0.978. The van der Waals surface area contributed by atoms with Crippen LogP contribution < -0.4 is 10.5 Å². The fourth-order valence-corrected chi connectivity index (χ4v) is 4.01. The van der Waals surface area contributed by atoms with Crippen molar-refractivity contribution in [2.45, 2.75) is 12.0 Å². The summed E-state index contributed by atoms with van der Waals surface area (Å²) in [4.78, 5) is 16.3. The molecule has 2 N–H and O–H groups in total. The number of Topliss-reactive ketones (excluding diaryl/α,β-unsaturated/α-hetero) is 1. The SMILES string of the molecule is N#CC1=C(N)Oc2ccc(Br)cc2[C@H]1[C@@H](N=[N+]=[N-])C(=O)c1ccc2ccccc2c1. The number of nitrogens with zero attached hydrogens (tertiary/aromatic N) is 4. The van der Waals surface area contributed by atoms with E-state index in [9.17, 15) is 15.6 Å². The third-order valence-electron chi connectivity index (χ3n) is 5.02. The number of hydrogen-bond donors (Lipinski definition) is 1. The Hall–Kier alpha value is -3.79. The van der Waals surface area contributed by atoms with Crippen molar-refractivity contribution in [1.82, 2.24) is 0 Å². The monoisotopic (exact) mass is 459 g/mol. The molecule has 3 aromatic rings. The van der Waals surface area contributed by atoms with Crippen LogP contribution in [0.4, 0.5) is 0 Å². The number of carbonyl (C=O) groups excluding carboxylic acids is 1. The van der Waals surface area contributed by atoms with Gasteiger partial charge in [-0.15, -0.1) is 0 Å². The average molecular weight is 460 g/mol. The van der Waals surface area contributed by atoms with Gasteiger partial charge in [-0.3, -0.25) is 4.79 Å². The van der Waals surface area contributed by atoms with Crippen LogP contribution in [0.25, 0.3) is 21.2 Å². The summed E-state index contributed by atoms with van der Waals surface area (Å²) >= 11 is 3.40. The molecular formula is C22H14BrN5O2. The predicted octanol–water partition coefficient (Wildman–Crippen LogP) is 5.33. The first-order valence-corrected chi connectivity index (χ1v) is 9.77. The largest absolute Gasteiger partial charge is 0.440 e. The summed E-state index contributed by atoms with van der Waals surface area (Å²) in [6.45, 7) is 0. The van der Waals surface area contributed by atoms with Gasteiger partial charge in [-0.25, -0.2) is 0 Å². The maximum Gasteiger partial charge on any atom is 0.205 e. The van der Waals surface area contributed by atoms with Crippen molar-refractivity contribution in [3.05, 3.63) is 98.2 Å². The van der Waals surface area contributed by atoms with Crippen molar-refractivity contribution < 1.29 is 9.53 Å². The van der Waals surface area contributed by atoms with Crippen molar-refractivity contribution in [2.24, 2.45) is 10.8 Å². The highest BCUT2D eigenvalue weighted by Crippen LogP contribution is 2.43. The molecule has 0 aliphatic carbocycles. The molecule has 1 heterocycles. The van der Waals surface area contributed by atoms with Crippen molar-refractivity contribution >= 4 is 32.5 Å². The molecule has 7 nitrogen and oxygen atoms in total. The highest BCUT2D eigenvalue weighted by atomic mass is 79.9. The summed E-state index contributed by atoms with van der Waals surface area (Å²) in [6, 6.07) is 18.9.